The summed E-state index contributed by atoms with van der Waals surface area (Å²) in [6, 6.07) is 9.00. The summed E-state index contributed by atoms with van der Waals surface area (Å²) < 4.78 is 6.05. The molecule has 0 saturated carbocycles. The smallest absolute Gasteiger partial charge is 0.253 e. The van der Waals surface area contributed by atoms with Gasteiger partial charge in [-0.25, -0.2) is 0 Å². The second-order valence-corrected chi connectivity index (χ2v) is 4.99. The lowest BCUT2D eigenvalue weighted by Gasteiger charge is -2.04. The first-order chi connectivity index (χ1) is 9.74. The van der Waals surface area contributed by atoms with E-state index in [0.29, 0.717) is 34.2 Å². The second kappa shape index (κ2) is 5.46. The first kappa shape index (κ1) is 12.9. The van der Waals surface area contributed by atoms with E-state index in [9.17, 15) is 4.79 Å². The molecule has 7 heteroatoms. The van der Waals surface area contributed by atoms with Crippen molar-refractivity contribution in [3.8, 4) is 0 Å². The molecule has 20 heavy (non-hydrogen) atoms. The normalized spacial score (nSPS) is 10.8. The number of carbonyl (C=O) groups is 1. The van der Waals surface area contributed by atoms with E-state index in [1.165, 1.54) is 0 Å². The largest absolute Gasteiger partial charge is 0.454 e. The average Bonchev–Trinajstić information content (AvgIpc) is 3.06. The summed E-state index contributed by atoms with van der Waals surface area (Å²) >= 11 is 3.24. The minimum absolute atomic E-state index is 0.171. The van der Waals surface area contributed by atoms with Gasteiger partial charge in [0.15, 0.2) is 4.67 Å². The molecule has 1 amide bonds. The number of carbonyl (C=O) groups excluding carboxylic acids is 1. The van der Waals surface area contributed by atoms with Crippen LogP contribution in [0, 0.1) is 0 Å². The minimum atomic E-state index is -0.171. The highest BCUT2D eigenvalue weighted by Crippen LogP contribution is 2.15. The number of furan rings is 1. The molecule has 0 spiro atoms. The first-order valence-electron chi connectivity index (χ1n) is 6.06. The minimum Gasteiger partial charge on any atom is -0.454 e. The van der Waals surface area contributed by atoms with E-state index >= 15 is 0 Å². The Kier molecular flexibility index (Phi) is 3.51. The van der Waals surface area contributed by atoms with Crippen LogP contribution in [-0.2, 0) is 6.42 Å². The number of aromatic nitrogens is 3. The third kappa shape index (κ3) is 2.57. The maximum absolute atomic E-state index is 12.1. The molecule has 0 aliphatic heterocycles. The Hall–Kier alpha value is -2.15. The number of halogens is 1. The van der Waals surface area contributed by atoms with Gasteiger partial charge in [-0.1, -0.05) is 6.07 Å². The van der Waals surface area contributed by atoms with E-state index in [4.69, 9.17) is 4.42 Å². The number of fused-ring (bicyclic) bond motifs is 1. The molecular formula is C13H11BrN4O2. The Morgan fingerprint density at radius 1 is 1.30 bits per heavy atom. The van der Waals surface area contributed by atoms with Crippen molar-refractivity contribution in [2.24, 2.45) is 0 Å². The van der Waals surface area contributed by atoms with Crippen LogP contribution < -0.4 is 5.32 Å². The van der Waals surface area contributed by atoms with Crippen molar-refractivity contribution in [1.82, 2.24) is 20.7 Å². The maximum atomic E-state index is 12.1. The second-order valence-electron chi connectivity index (χ2n) is 4.21. The molecule has 0 aliphatic carbocycles. The fraction of sp³-hybridized carbons (Fsp3) is 0.154. The molecule has 2 heterocycles. The van der Waals surface area contributed by atoms with Crippen LogP contribution in [0.2, 0.25) is 0 Å². The standard InChI is InChI=1S/C13H11BrN4O2/c14-11-5-4-8(20-11)6-7-15-13(19)9-2-1-3-10-12(9)17-18-16-10/h1-5H,6-7H2,(H,15,19)(H,16,17,18). The number of hydrogen-bond donors (Lipinski definition) is 2. The number of benzene rings is 1. The lowest BCUT2D eigenvalue weighted by atomic mass is 10.1. The fourth-order valence-corrected chi connectivity index (χ4v) is 2.27. The number of para-hydroxylation sites is 1. The predicted octanol–water partition coefficient (Wildman–Crippen LogP) is 2.29. The van der Waals surface area contributed by atoms with Crippen molar-refractivity contribution in [1.29, 1.82) is 0 Å². The van der Waals surface area contributed by atoms with E-state index in [1.54, 1.807) is 18.2 Å². The van der Waals surface area contributed by atoms with Gasteiger partial charge in [0, 0.05) is 13.0 Å². The third-order valence-corrected chi connectivity index (χ3v) is 3.30. The molecule has 0 saturated heterocycles. The van der Waals surface area contributed by atoms with Crippen LogP contribution in [0.3, 0.4) is 0 Å². The fourth-order valence-electron chi connectivity index (χ4n) is 1.93. The van der Waals surface area contributed by atoms with Gasteiger partial charge in [-0.15, -0.1) is 0 Å². The SMILES string of the molecule is O=C(NCCc1ccc(Br)o1)c1cccc2n[nH]nc12. The van der Waals surface area contributed by atoms with Crippen molar-refractivity contribution in [3.05, 3.63) is 46.3 Å². The Morgan fingerprint density at radius 2 is 2.20 bits per heavy atom. The van der Waals surface area contributed by atoms with Crippen LogP contribution in [0.4, 0.5) is 0 Å². The van der Waals surface area contributed by atoms with Crippen LogP contribution >= 0.6 is 15.9 Å². The highest BCUT2D eigenvalue weighted by Gasteiger charge is 2.12. The Labute approximate surface area is 122 Å². The zero-order valence-corrected chi connectivity index (χ0v) is 12.0. The van der Waals surface area contributed by atoms with Crippen LogP contribution in [0.25, 0.3) is 11.0 Å². The predicted molar refractivity (Wildman–Crippen MR) is 76.3 cm³/mol. The molecule has 0 fully saturated rings. The number of nitrogens with zero attached hydrogens (tertiary/aromatic N) is 2. The third-order valence-electron chi connectivity index (χ3n) is 2.88. The summed E-state index contributed by atoms with van der Waals surface area (Å²) in [5.41, 5.74) is 1.76. The van der Waals surface area contributed by atoms with E-state index in [2.05, 4.69) is 36.7 Å². The molecule has 0 unspecified atom stereocenters. The van der Waals surface area contributed by atoms with Gasteiger partial charge in [-0.3, -0.25) is 4.79 Å². The van der Waals surface area contributed by atoms with E-state index in [0.717, 1.165) is 5.76 Å². The molecule has 6 nitrogen and oxygen atoms in total. The molecule has 3 rings (SSSR count). The van der Waals surface area contributed by atoms with E-state index < -0.39 is 0 Å². The highest BCUT2D eigenvalue weighted by atomic mass is 79.9. The molecule has 2 aromatic heterocycles. The monoisotopic (exact) mass is 334 g/mol. The van der Waals surface area contributed by atoms with Crippen molar-refractivity contribution in [2.75, 3.05) is 6.54 Å². The quantitative estimate of drug-likeness (QED) is 0.766. The Bertz CT molecular complexity index is 750. The van der Waals surface area contributed by atoms with Crippen LogP contribution in [-0.4, -0.2) is 27.9 Å². The number of H-pyrrole nitrogens is 1. The highest BCUT2D eigenvalue weighted by molar-refractivity contribution is 9.10. The molecule has 3 aromatic rings. The zero-order chi connectivity index (χ0) is 13.9. The maximum Gasteiger partial charge on any atom is 0.253 e. The Morgan fingerprint density at radius 3 is 3.00 bits per heavy atom. The van der Waals surface area contributed by atoms with Gasteiger partial charge in [-0.05, 0) is 40.2 Å². The number of nitrogens with one attached hydrogen (secondary N) is 2. The Balaban J connectivity index is 1.66. The summed E-state index contributed by atoms with van der Waals surface area (Å²) in [5.74, 6) is 0.645. The average molecular weight is 335 g/mol. The molecule has 0 aliphatic rings. The van der Waals surface area contributed by atoms with Crippen molar-refractivity contribution >= 4 is 32.9 Å². The summed E-state index contributed by atoms with van der Waals surface area (Å²) in [6.45, 7) is 0.493. The molecular weight excluding hydrogens is 324 g/mol. The van der Waals surface area contributed by atoms with Crippen molar-refractivity contribution in [2.45, 2.75) is 6.42 Å². The van der Waals surface area contributed by atoms with Gasteiger partial charge in [-0.2, -0.15) is 15.4 Å². The molecule has 1 aromatic carbocycles. The lowest BCUT2D eigenvalue weighted by Crippen LogP contribution is -2.25. The van der Waals surface area contributed by atoms with Crippen molar-refractivity contribution in [3.63, 3.8) is 0 Å². The molecule has 0 bridgehead atoms. The van der Waals surface area contributed by atoms with Crippen molar-refractivity contribution < 1.29 is 9.21 Å². The first-order valence-corrected chi connectivity index (χ1v) is 6.85. The summed E-state index contributed by atoms with van der Waals surface area (Å²) in [6.07, 6.45) is 0.631. The number of hydrogen-bond acceptors (Lipinski definition) is 4. The van der Waals surface area contributed by atoms with E-state index in [1.807, 2.05) is 12.1 Å². The topological polar surface area (TPSA) is 83.8 Å². The van der Waals surface area contributed by atoms with Gasteiger partial charge in [0.25, 0.3) is 5.91 Å². The summed E-state index contributed by atoms with van der Waals surface area (Å²) in [5, 5.41) is 13.3. The summed E-state index contributed by atoms with van der Waals surface area (Å²) in [7, 11) is 0. The zero-order valence-electron chi connectivity index (χ0n) is 10.4. The van der Waals surface area contributed by atoms with Crippen LogP contribution in [0.15, 0.2) is 39.4 Å². The van der Waals surface area contributed by atoms with Gasteiger partial charge in [0.05, 0.1) is 5.56 Å². The molecule has 102 valence electrons. The van der Waals surface area contributed by atoms with Gasteiger partial charge < -0.3 is 9.73 Å². The van der Waals surface area contributed by atoms with Gasteiger partial charge >= 0.3 is 0 Å². The molecule has 2 N–H and O–H groups in total. The number of rotatable bonds is 4. The number of aromatic amines is 1. The van der Waals surface area contributed by atoms with Crippen LogP contribution in [0.5, 0.6) is 0 Å². The molecule has 0 atom stereocenters. The van der Waals surface area contributed by atoms with Crippen LogP contribution in [0.1, 0.15) is 16.1 Å². The molecule has 0 radical (unpaired) electrons. The van der Waals surface area contributed by atoms with Gasteiger partial charge in [0.2, 0.25) is 0 Å². The summed E-state index contributed by atoms with van der Waals surface area (Å²) in [4.78, 5) is 12.1. The van der Waals surface area contributed by atoms with Gasteiger partial charge in [0.1, 0.15) is 16.8 Å². The number of amides is 1. The lowest BCUT2D eigenvalue weighted by molar-refractivity contribution is 0.0955. The van der Waals surface area contributed by atoms with E-state index in [-0.39, 0.29) is 5.91 Å².